The Kier molecular flexibility index (Phi) is 6.32. The highest BCUT2D eigenvalue weighted by Crippen LogP contribution is 2.23. The van der Waals surface area contributed by atoms with Gasteiger partial charge in [-0.3, -0.25) is 14.3 Å². The maximum absolute atomic E-state index is 12.7. The van der Waals surface area contributed by atoms with Crippen LogP contribution in [0.4, 0.5) is 0 Å². The zero-order valence-electron chi connectivity index (χ0n) is 17.4. The van der Waals surface area contributed by atoms with E-state index < -0.39 is 5.91 Å². The molecule has 154 valence electrons. The van der Waals surface area contributed by atoms with Crippen molar-refractivity contribution in [3.63, 3.8) is 0 Å². The van der Waals surface area contributed by atoms with Crippen molar-refractivity contribution in [1.82, 2.24) is 14.3 Å². The number of aromatic nitrogens is 3. The van der Waals surface area contributed by atoms with E-state index in [1.165, 1.54) is 16.9 Å². The van der Waals surface area contributed by atoms with Crippen molar-refractivity contribution in [2.45, 2.75) is 53.1 Å². The Hall–Kier alpha value is -2.74. The SMILES string of the molecule is CCOC(=O)Cn1c(=NC(=O)c2ccn(C(C)C)n2)sc2cc(C(C)C)ccc21. The van der Waals surface area contributed by atoms with Gasteiger partial charge < -0.3 is 9.30 Å². The van der Waals surface area contributed by atoms with Crippen molar-refractivity contribution in [2.24, 2.45) is 4.99 Å². The van der Waals surface area contributed by atoms with Crippen molar-refractivity contribution in [3.8, 4) is 0 Å². The summed E-state index contributed by atoms with van der Waals surface area (Å²) in [4.78, 5) is 29.6. The second-order valence-electron chi connectivity index (χ2n) is 7.35. The summed E-state index contributed by atoms with van der Waals surface area (Å²) in [6.45, 7) is 10.3. The van der Waals surface area contributed by atoms with Gasteiger partial charge in [0.2, 0.25) is 0 Å². The molecule has 0 saturated carbocycles. The smallest absolute Gasteiger partial charge is 0.326 e. The number of nitrogens with zero attached hydrogens (tertiary/aromatic N) is 4. The first-order valence-electron chi connectivity index (χ1n) is 9.73. The van der Waals surface area contributed by atoms with Crippen LogP contribution in [0.2, 0.25) is 0 Å². The fourth-order valence-corrected chi connectivity index (χ4v) is 3.98. The van der Waals surface area contributed by atoms with E-state index in [0.29, 0.717) is 17.3 Å². The molecule has 0 aliphatic carbocycles. The number of thiazole rings is 1. The van der Waals surface area contributed by atoms with Crippen LogP contribution < -0.4 is 4.80 Å². The van der Waals surface area contributed by atoms with E-state index in [0.717, 1.165) is 10.2 Å². The lowest BCUT2D eigenvalue weighted by Gasteiger charge is -2.07. The molecule has 0 spiro atoms. The van der Waals surface area contributed by atoms with E-state index in [2.05, 4.69) is 30.0 Å². The van der Waals surface area contributed by atoms with Crippen LogP contribution >= 0.6 is 11.3 Å². The van der Waals surface area contributed by atoms with E-state index in [1.54, 1.807) is 28.4 Å². The Morgan fingerprint density at radius 3 is 2.59 bits per heavy atom. The van der Waals surface area contributed by atoms with E-state index in [4.69, 9.17) is 4.74 Å². The highest BCUT2D eigenvalue weighted by atomic mass is 32.1. The number of esters is 1. The molecule has 0 fully saturated rings. The predicted molar refractivity (Wildman–Crippen MR) is 113 cm³/mol. The first kappa shape index (κ1) is 21.0. The van der Waals surface area contributed by atoms with Crippen LogP contribution in [0.15, 0.2) is 35.5 Å². The maximum Gasteiger partial charge on any atom is 0.326 e. The normalized spacial score (nSPS) is 12.3. The second-order valence-corrected chi connectivity index (χ2v) is 8.36. The molecule has 3 aromatic rings. The van der Waals surface area contributed by atoms with E-state index in [1.807, 2.05) is 26.0 Å². The van der Waals surface area contributed by atoms with E-state index in [-0.39, 0.29) is 24.2 Å². The van der Waals surface area contributed by atoms with Crippen molar-refractivity contribution >= 4 is 33.4 Å². The van der Waals surface area contributed by atoms with Gasteiger partial charge in [-0.2, -0.15) is 10.1 Å². The van der Waals surface area contributed by atoms with Crippen molar-refractivity contribution < 1.29 is 14.3 Å². The molecule has 1 aromatic carbocycles. The molecule has 2 heterocycles. The molecule has 0 radical (unpaired) electrons. The van der Waals surface area contributed by atoms with Gasteiger partial charge in [0.05, 0.1) is 16.8 Å². The molecule has 0 N–H and O–H groups in total. The zero-order chi connectivity index (χ0) is 21.1. The van der Waals surface area contributed by atoms with Crippen LogP contribution in [0.25, 0.3) is 10.2 Å². The Morgan fingerprint density at radius 1 is 1.21 bits per heavy atom. The van der Waals surface area contributed by atoms with Gasteiger partial charge in [0.1, 0.15) is 6.54 Å². The molecule has 3 rings (SSSR count). The minimum atomic E-state index is -0.433. The monoisotopic (exact) mass is 414 g/mol. The molecule has 0 unspecified atom stereocenters. The predicted octanol–water partition coefficient (Wildman–Crippen LogP) is 3.91. The molecule has 0 aliphatic rings. The van der Waals surface area contributed by atoms with Gasteiger partial charge in [0, 0.05) is 12.2 Å². The molecule has 0 atom stereocenters. The number of hydrogen-bond acceptors (Lipinski definition) is 5. The molecule has 1 amide bonds. The number of ether oxygens (including phenoxy) is 1. The highest BCUT2D eigenvalue weighted by molar-refractivity contribution is 7.16. The lowest BCUT2D eigenvalue weighted by molar-refractivity contribution is -0.143. The summed E-state index contributed by atoms with van der Waals surface area (Å²) in [7, 11) is 0. The summed E-state index contributed by atoms with van der Waals surface area (Å²) < 4.78 is 9.53. The number of rotatable bonds is 6. The Labute approximate surface area is 173 Å². The van der Waals surface area contributed by atoms with E-state index >= 15 is 0 Å². The van der Waals surface area contributed by atoms with Crippen LogP contribution in [0, 0.1) is 0 Å². The van der Waals surface area contributed by atoms with Crippen LogP contribution in [0.5, 0.6) is 0 Å². The number of amides is 1. The quantitative estimate of drug-likeness (QED) is 0.573. The first-order valence-corrected chi connectivity index (χ1v) is 10.5. The first-order chi connectivity index (χ1) is 13.8. The zero-order valence-corrected chi connectivity index (χ0v) is 18.2. The van der Waals surface area contributed by atoms with Gasteiger partial charge in [0.25, 0.3) is 5.91 Å². The Balaban J connectivity index is 2.09. The minimum absolute atomic E-state index is 0.00140. The standard InChI is InChI=1S/C21H26N4O3S/c1-6-28-19(26)12-24-17-8-7-15(13(2)3)11-18(17)29-21(24)22-20(27)16-9-10-25(23-16)14(4)5/h7-11,13-14H,6,12H2,1-5H3. The molecule has 8 heteroatoms. The summed E-state index contributed by atoms with van der Waals surface area (Å²) >= 11 is 1.38. The van der Waals surface area contributed by atoms with Crippen LogP contribution in [-0.2, 0) is 16.1 Å². The molecule has 29 heavy (non-hydrogen) atoms. The van der Waals surface area contributed by atoms with Crippen molar-refractivity contribution in [2.75, 3.05) is 6.61 Å². The average Bonchev–Trinajstić information content (AvgIpc) is 3.27. The maximum atomic E-state index is 12.7. The Morgan fingerprint density at radius 2 is 1.97 bits per heavy atom. The fourth-order valence-electron chi connectivity index (χ4n) is 2.91. The third kappa shape index (κ3) is 4.64. The molecular formula is C21H26N4O3S. The molecule has 0 aliphatic heterocycles. The van der Waals surface area contributed by atoms with Crippen LogP contribution in [0.1, 0.15) is 62.6 Å². The number of carbonyl (C=O) groups excluding carboxylic acids is 2. The molecule has 0 bridgehead atoms. The third-order valence-electron chi connectivity index (χ3n) is 4.52. The summed E-state index contributed by atoms with van der Waals surface area (Å²) in [6.07, 6.45) is 1.76. The number of fused-ring (bicyclic) bond motifs is 1. The van der Waals surface area contributed by atoms with Crippen molar-refractivity contribution in [1.29, 1.82) is 0 Å². The minimum Gasteiger partial charge on any atom is -0.465 e. The lowest BCUT2D eigenvalue weighted by atomic mass is 10.0. The summed E-state index contributed by atoms with van der Waals surface area (Å²) in [5.74, 6) is -0.419. The van der Waals surface area contributed by atoms with Crippen LogP contribution in [0.3, 0.4) is 0 Å². The van der Waals surface area contributed by atoms with Gasteiger partial charge in [0.15, 0.2) is 10.5 Å². The van der Waals surface area contributed by atoms with Gasteiger partial charge in [-0.1, -0.05) is 31.3 Å². The average molecular weight is 415 g/mol. The van der Waals surface area contributed by atoms with E-state index in [9.17, 15) is 9.59 Å². The van der Waals surface area contributed by atoms with Gasteiger partial charge in [-0.15, -0.1) is 0 Å². The van der Waals surface area contributed by atoms with Gasteiger partial charge in [-0.25, -0.2) is 0 Å². The third-order valence-corrected chi connectivity index (χ3v) is 5.56. The van der Waals surface area contributed by atoms with Gasteiger partial charge >= 0.3 is 5.97 Å². The van der Waals surface area contributed by atoms with Crippen molar-refractivity contribution in [3.05, 3.63) is 46.5 Å². The highest BCUT2D eigenvalue weighted by Gasteiger charge is 2.15. The Bertz CT molecular complexity index is 1100. The van der Waals surface area contributed by atoms with Gasteiger partial charge in [-0.05, 0) is 50.5 Å². The second kappa shape index (κ2) is 8.73. The summed E-state index contributed by atoms with van der Waals surface area (Å²) in [6, 6.07) is 7.91. The number of benzene rings is 1. The summed E-state index contributed by atoms with van der Waals surface area (Å²) in [5.41, 5.74) is 2.32. The number of hydrogen-bond donors (Lipinski definition) is 0. The molecule has 7 nitrogen and oxygen atoms in total. The van der Waals surface area contributed by atoms with Crippen LogP contribution in [-0.4, -0.2) is 32.8 Å². The fraction of sp³-hybridized carbons (Fsp3) is 0.429. The number of carbonyl (C=O) groups is 2. The molecule has 0 saturated heterocycles. The molecule has 2 aromatic heterocycles. The topological polar surface area (TPSA) is 78.5 Å². The lowest BCUT2D eigenvalue weighted by Crippen LogP contribution is -2.23. The largest absolute Gasteiger partial charge is 0.465 e. The summed E-state index contributed by atoms with van der Waals surface area (Å²) in [5, 5.41) is 4.29. The molecular weight excluding hydrogens is 388 g/mol.